The van der Waals surface area contributed by atoms with Gasteiger partial charge in [-0.2, -0.15) is 0 Å². The number of rotatable bonds is 9. The van der Waals surface area contributed by atoms with Crippen molar-refractivity contribution in [3.05, 3.63) is 89.1 Å². The van der Waals surface area contributed by atoms with Gasteiger partial charge in [-0.25, -0.2) is 0 Å². The lowest BCUT2D eigenvalue weighted by atomic mass is 10.2. The SMILES string of the molecule is O=[N+]([O-])c1cn2c(n1)O[C@@H](COc1ccc(N3CCN(c4ccc(Oc5ccc(OC(F)(F)F)cc5)cc4)CC3)cc1)CC2. The maximum Gasteiger partial charge on any atom is 0.573 e. The van der Waals surface area contributed by atoms with E-state index < -0.39 is 11.3 Å². The number of anilines is 2. The monoisotopic (exact) mass is 611 g/mol. The number of hydrogen-bond donors (Lipinski definition) is 0. The van der Waals surface area contributed by atoms with E-state index in [2.05, 4.69) is 19.5 Å². The number of nitro groups is 1. The van der Waals surface area contributed by atoms with Gasteiger partial charge in [0.2, 0.25) is 0 Å². The van der Waals surface area contributed by atoms with Crippen LogP contribution >= 0.6 is 0 Å². The Labute approximate surface area is 250 Å². The maximum atomic E-state index is 12.3. The Bertz CT molecular complexity index is 1570. The molecule has 3 aromatic carbocycles. The molecule has 11 nitrogen and oxygen atoms in total. The van der Waals surface area contributed by atoms with Crippen molar-refractivity contribution in [3.63, 3.8) is 0 Å². The molecule has 1 saturated heterocycles. The number of ether oxygens (including phenoxy) is 4. The smallest absolute Gasteiger partial charge is 0.490 e. The van der Waals surface area contributed by atoms with E-state index >= 15 is 0 Å². The second-order valence-corrected chi connectivity index (χ2v) is 10.3. The van der Waals surface area contributed by atoms with Crippen molar-refractivity contribution in [2.24, 2.45) is 0 Å². The first-order valence-corrected chi connectivity index (χ1v) is 13.9. The second-order valence-electron chi connectivity index (χ2n) is 10.3. The fraction of sp³-hybridized carbons (Fsp3) is 0.300. The number of halogens is 3. The quantitative estimate of drug-likeness (QED) is 0.166. The van der Waals surface area contributed by atoms with Gasteiger partial charge in [0.05, 0.1) is 0 Å². The molecule has 2 aliphatic heterocycles. The molecule has 4 aromatic rings. The van der Waals surface area contributed by atoms with Crippen molar-refractivity contribution in [1.29, 1.82) is 0 Å². The summed E-state index contributed by atoms with van der Waals surface area (Å²) < 4.78 is 60.0. The Kier molecular flexibility index (Phi) is 8.05. The van der Waals surface area contributed by atoms with Crippen LogP contribution in [0.15, 0.2) is 79.0 Å². The number of hydrogen-bond acceptors (Lipinski definition) is 9. The van der Waals surface area contributed by atoms with Gasteiger partial charge in [-0.15, -0.1) is 13.2 Å². The predicted molar refractivity (Wildman–Crippen MR) is 154 cm³/mol. The largest absolute Gasteiger partial charge is 0.573 e. The first-order valence-electron chi connectivity index (χ1n) is 13.9. The van der Waals surface area contributed by atoms with Crippen molar-refractivity contribution in [1.82, 2.24) is 9.55 Å². The Hall–Kier alpha value is -5.14. The molecule has 1 aromatic heterocycles. The molecule has 1 fully saturated rings. The molecule has 230 valence electrons. The zero-order valence-electron chi connectivity index (χ0n) is 23.4. The summed E-state index contributed by atoms with van der Waals surface area (Å²) in [5.74, 6) is 1.16. The van der Waals surface area contributed by atoms with E-state index in [1.165, 1.54) is 30.5 Å². The minimum absolute atomic E-state index is 0.227. The van der Waals surface area contributed by atoms with Gasteiger partial charge in [-0.3, -0.25) is 4.57 Å². The third-order valence-corrected chi connectivity index (χ3v) is 7.29. The fourth-order valence-corrected chi connectivity index (χ4v) is 5.07. The minimum atomic E-state index is -4.74. The highest BCUT2D eigenvalue weighted by Gasteiger charge is 2.31. The van der Waals surface area contributed by atoms with Crippen molar-refractivity contribution < 1.29 is 37.0 Å². The molecule has 6 rings (SSSR count). The van der Waals surface area contributed by atoms with E-state index in [-0.39, 0.29) is 23.7 Å². The van der Waals surface area contributed by atoms with E-state index in [9.17, 15) is 23.3 Å². The van der Waals surface area contributed by atoms with Crippen LogP contribution in [0, 0.1) is 10.1 Å². The standard InChI is InChI=1S/C30H28F3N5O6/c31-30(32,33)44-26-11-9-25(10-12-26)42-24-7-3-22(4-8-24)36-17-15-35(16-18-36)21-1-5-23(6-2-21)41-20-27-13-14-37-19-28(38(39)40)34-29(37)43-27/h1-12,19,27H,13-18,20H2/t27-/m1/s1. The Morgan fingerprint density at radius 2 is 1.34 bits per heavy atom. The molecular weight excluding hydrogens is 583 g/mol. The lowest BCUT2D eigenvalue weighted by Crippen LogP contribution is -2.46. The van der Waals surface area contributed by atoms with Crippen LogP contribution < -0.4 is 28.7 Å². The minimum Gasteiger partial charge on any atom is -0.490 e. The van der Waals surface area contributed by atoms with Crippen LogP contribution in [0.5, 0.6) is 29.0 Å². The van der Waals surface area contributed by atoms with Crippen LogP contribution in [0.2, 0.25) is 0 Å². The molecule has 3 heterocycles. The molecule has 0 unspecified atom stereocenters. The molecule has 0 bridgehead atoms. The normalized spacial score (nSPS) is 16.6. The highest BCUT2D eigenvalue weighted by Crippen LogP contribution is 2.30. The Morgan fingerprint density at radius 3 is 1.89 bits per heavy atom. The van der Waals surface area contributed by atoms with Crippen molar-refractivity contribution in [3.8, 4) is 29.0 Å². The molecule has 1 atom stereocenters. The van der Waals surface area contributed by atoms with Crippen LogP contribution in [0.1, 0.15) is 6.42 Å². The number of aryl methyl sites for hydroxylation is 1. The van der Waals surface area contributed by atoms with Gasteiger partial charge in [0.15, 0.2) is 0 Å². The number of benzene rings is 3. The molecule has 44 heavy (non-hydrogen) atoms. The van der Waals surface area contributed by atoms with Gasteiger partial charge in [0.1, 0.15) is 41.9 Å². The van der Waals surface area contributed by atoms with E-state index in [1.54, 1.807) is 4.57 Å². The molecular formula is C30H28F3N5O6. The zero-order valence-corrected chi connectivity index (χ0v) is 23.4. The number of piperazine rings is 1. The van der Waals surface area contributed by atoms with Crippen LogP contribution in [0.3, 0.4) is 0 Å². The fourth-order valence-electron chi connectivity index (χ4n) is 5.07. The molecule has 0 saturated carbocycles. The van der Waals surface area contributed by atoms with Gasteiger partial charge in [-0.05, 0) is 77.7 Å². The van der Waals surface area contributed by atoms with Crippen LogP contribution in [0.25, 0.3) is 0 Å². The van der Waals surface area contributed by atoms with Gasteiger partial charge in [0, 0.05) is 55.5 Å². The molecule has 0 aliphatic carbocycles. The van der Waals surface area contributed by atoms with E-state index in [0.717, 1.165) is 37.6 Å². The summed E-state index contributed by atoms with van der Waals surface area (Å²) in [6.07, 6.45) is -2.94. The summed E-state index contributed by atoms with van der Waals surface area (Å²) in [5, 5.41) is 10.9. The van der Waals surface area contributed by atoms with Crippen molar-refractivity contribution in [2.75, 3.05) is 42.6 Å². The average Bonchev–Trinajstić information content (AvgIpc) is 3.45. The molecule has 0 spiro atoms. The molecule has 14 heteroatoms. The van der Waals surface area contributed by atoms with Crippen molar-refractivity contribution in [2.45, 2.75) is 25.4 Å². The van der Waals surface area contributed by atoms with Crippen molar-refractivity contribution >= 4 is 17.2 Å². The van der Waals surface area contributed by atoms with Gasteiger partial charge < -0.3 is 38.9 Å². The van der Waals surface area contributed by atoms with E-state index in [0.29, 0.717) is 36.8 Å². The third-order valence-electron chi connectivity index (χ3n) is 7.29. The number of aromatic nitrogens is 2. The first-order chi connectivity index (χ1) is 21.2. The summed E-state index contributed by atoms with van der Waals surface area (Å²) in [6, 6.07) is 21.0. The zero-order chi connectivity index (χ0) is 30.7. The Balaban J connectivity index is 0.952. The molecule has 0 radical (unpaired) electrons. The van der Waals surface area contributed by atoms with E-state index in [4.69, 9.17) is 14.2 Å². The summed E-state index contributed by atoms with van der Waals surface area (Å²) >= 11 is 0. The van der Waals surface area contributed by atoms with Crippen LogP contribution in [0.4, 0.5) is 30.4 Å². The van der Waals surface area contributed by atoms with Crippen LogP contribution in [-0.2, 0) is 6.54 Å². The third kappa shape index (κ3) is 7.07. The van der Waals surface area contributed by atoms with Gasteiger partial charge >= 0.3 is 18.2 Å². The average molecular weight is 612 g/mol. The predicted octanol–water partition coefficient (Wildman–Crippen LogP) is 6.04. The number of fused-ring (bicyclic) bond motifs is 1. The topological polar surface area (TPSA) is 104 Å². The van der Waals surface area contributed by atoms with Gasteiger partial charge in [-0.1, -0.05) is 0 Å². The lowest BCUT2D eigenvalue weighted by molar-refractivity contribution is -0.389. The first kappa shape index (κ1) is 29.0. The summed E-state index contributed by atoms with van der Waals surface area (Å²) in [4.78, 5) is 18.9. The van der Waals surface area contributed by atoms with E-state index in [1.807, 2.05) is 48.5 Å². The highest BCUT2D eigenvalue weighted by atomic mass is 19.4. The molecule has 0 N–H and O–H groups in total. The van der Waals surface area contributed by atoms with Gasteiger partial charge in [0.25, 0.3) is 0 Å². The molecule has 2 aliphatic rings. The number of nitrogens with zero attached hydrogens (tertiary/aromatic N) is 5. The summed E-state index contributed by atoms with van der Waals surface area (Å²) in [6.45, 7) is 4.21. The number of imidazole rings is 1. The summed E-state index contributed by atoms with van der Waals surface area (Å²) in [7, 11) is 0. The summed E-state index contributed by atoms with van der Waals surface area (Å²) in [5.41, 5.74) is 2.15. The maximum absolute atomic E-state index is 12.3. The number of alkyl halides is 3. The molecule has 0 amide bonds. The lowest BCUT2D eigenvalue weighted by Gasteiger charge is -2.37. The second kappa shape index (κ2) is 12.2. The Morgan fingerprint density at radius 1 is 0.818 bits per heavy atom. The highest BCUT2D eigenvalue weighted by molar-refractivity contribution is 5.54. The van der Waals surface area contributed by atoms with Crippen LogP contribution in [-0.4, -0.2) is 59.7 Å².